The van der Waals surface area contributed by atoms with Gasteiger partial charge in [-0.05, 0) is 37.8 Å². The molecule has 33 heavy (non-hydrogen) atoms. The zero-order chi connectivity index (χ0) is 24.6. The quantitative estimate of drug-likeness (QED) is 0.631. The van der Waals surface area contributed by atoms with E-state index in [0.29, 0.717) is 12.1 Å². The Bertz CT molecular complexity index is 924. The molecule has 0 aromatic heterocycles. The summed E-state index contributed by atoms with van der Waals surface area (Å²) in [5.74, 6) is -0.892. The van der Waals surface area contributed by atoms with Crippen molar-refractivity contribution < 1.29 is 19.1 Å². The van der Waals surface area contributed by atoms with Crippen molar-refractivity contribution >= 4 is 17.9 Å². The number of carbonyl (C=O) groups is 3. The molecule has 0 aliphatic carbocycles. The highest BCUT2D eigenvalue weighted by Crippen LogP contribution is 2.22. The molecule has 0 saturated carbocycles. The van der Waals surface area contributed by atoms with Crippen LogP contribution in [0.2, 0.25) is 0 Å². The summed E-state index contributed by atoms with van der Waals surface area (Å²) in [5.41, 5.74) is 0.946. The first kappa shape index (κ1) is 25.9. The molecule has 2 aromatic rings. The van der Waals surface area contributed by atoms with Gasteiger partial charge in [0.25, 0.3) is 0 Å². The van der Waals surface area contributed by atoms with Crippen LogP contribution in [0.25, 0.3) is 0 Å². The summed E-state index contributed by atoms with van der Waals surface area (Å²) in [4.78, 5) is 40.4. The van der Waals surface area contributed by atoms with Crippen molar-refractivity contribution in [2.75, 3.05) is 7.05 Å². The number of nitrogens with one attached hydrogen (secondary N) is 2. The molecule has 2 atom stereocenters. The van der Waals surface area contributed by atoms with Crippen LogP contribution >= 0.6 is 0 Å². The summed E-state index contributed by atoms with van der Waals surface area (Å²) in [7, 11) is 1.58. The van der Waals surface area contributed by atoms with Crippen molar-refractivity contribution in [3.05, 3.63) is 71.8 Å². The van der Waals surface area contributed by atoms with Crippen LogP contribution in [0.5, 0.6) is 0 Å². The van der Waals surface area contributed by atoms with Crippen molar-refractivity contribution in [2.24, 2.45) is 5.92 Å². The zero-order valence-electron chi connectivity index (χ0n) is 20.3. The van der Waals surface area contributed by atoms with Crippen LogP contribution in [0.15, 0.2) is 60.7 Å². The van der Waals surface area contributed by atoms with Gasteiger partial charge in [0.05, 0.1) is 0 Å². The van der Waals surface area contributed by atoms with E-state index in [4.69, 9.17) is 4.74 Å². The van der Waals surface area contributed by atoms with E-state index in [1.807, 2.05) is 74.5 Å². The van der Waals surface area contributed by atoms with Crippen molar-refractivity contribution in [2.45, 2.75) is 58.8 Å². The molecule has 0 aliphatic heterocycles. The van der Waals surface area contributed by atoms with Crippen LogP contribution in [0.4, 0.5) is 4.79 Å². The number of rotatable bonds is 8. The van der Waals surface area contributed by atoms with E-state index < -0.39 is 23.8 Å². The molecule has 0 fully saturated rings. The Labute approximate surface area is 196 Å². The lowest BCUT2D eigenvalue weighted by atomic mass is 9.99. The van der Waals surface area contributed by atoms with Crippen molar-refractivity contribution in [3.8, 4) is 0 Å². The van der Waals surface area contributed by atoms with Crippen LogP contribution in [-0.2, 0) is 20.9 Å². The molecular formula is C26H35N3O4. The lowest BCUT2D eigenvalue weighted by molar-refractivity contribution is -0.141. The summed E-state index contributed by atoms with van der Waals surface area (Å²) in [5, 5.41) is 5.60. The monoisotopic (exact) mass is 453 g/mol. The van der Waals surface area contributed by atoms with Crippen LogP contribution in [-0.4, -0.2) is 41.5 Å². The van der Waals surface area contributed by atoms with E-state index in [2.05, 4.69) is 10.6 Å². The molecule has 2 aromatic carbocycles. The van der Waals surface area contributed by atoms with Crippen LogP contribution in [0.1, 0.15) is 51.8 Å². The molecule has 0 aliphatic rings. The normalized spacial score (nSPS) is 13.1. The van der Waals surface area contributed by atoms with E-state index in [9.17, 15) is 14.4 Å². The van der Waals surface area contributed by atoms with Gasteiger partial charge in [0.1, 0.15) is 17.7 Å². The van der Waals surface area contributed by atoms with Crippen LogP contribution in [0.3, 0.4) is 0 Å². The molecule has 0 radical (unpaired) electrons. The molecule has 3 amide bonds. The van der Waals surface area contributed by atoms with Gasteiger partial charge < -0.3 is 20.3 Å². The summed E-state index contributed by atoms with van der Waals surface area (Å²) in [6.45, 7) is 9.28. The SMILES string of the molecule is CC(C)C(NC(=O)OC(C)(C)C)C(=O)N(C)C(C(=O)NCc1ccccc1)c1ccccc1. The third-order valence-electron chi connectivity index (χ3n) is 5.01. The Balaban J connectivity index is 2.24. The number of alkyl carbamates (subject to hydrolysis) is 1. The van der Waals surface area contributed by atoms with E-state index in [0.717, 1.165) is 5.56 Å². The number of ether oxygens (including phenoxy) is 1. The Morgan fingerprint density at radius 1 is 0.939 bits per heavy atom. The number of amides is 3. The molecule has 0 saturated heterocycles. The standard InChI is InChI=1S/C26H35N3O4/c1-18(2)21(28-25(32)33-26(3,4)5)24(31)29(6)22(20-15-11-8-12-16-20)23(30)27-17-19-13-9-7-10-14-19/h7-16,18,21-22H,17H2,1-6H3,(H,27,30)(H,28,32). The number of carbonyl (C=O) groups excluding carboxylic acids is 3. The fourth-order valence-corrected chi connectivity index (χ4v) is 3.36. The van der Waals surface area contributed by atoms with Crippen LogP contribution < -0.4 is 10.6 Å². The third-order valence-corrected chi connectivity index (χ3v) is 5.01. The Kier molecular flexibility index (Phi) is 9.02. The van der Waals surface area contributed by atoms with Gasteiger partial charge in [-0.15, -0.1) is 0 Å². The minimum Gasteiger partial charge on any atom is -0.444 e. The van der Waals surface area contributed by atoms with Gasteiger partial charge in [-0.1, -0.05) is 74.5 Å². The highest BCUT2D eigenvalue weighted by atomic mass is 16.6. The maximum Gasteiger partial charge on any atom is 0.408 e. The molecule has 2 N–H and O–H groups in total. The maximum absolute atomic E-state index is 13.5. The lowest BCUT2D eigenvalue weighted by Gasteiger charge is -2.33. The fourth-order valence-electron chi connectivity index (χ4n) is 3.36. The first-order valence-corrected chi connectivity index (χ1v) is 11.1. The summed E-state index contributed by atoms with van der Waals surface area (Å²) in [6, 6.07) is 17.0. The van der Waals surface area contributed by atoms with Crippen molar-refractivity contribution in [3.63, 3.8) is 0 Å². The molecule has 0 heterocycles. The molecule has 0 spiro atoms. The van der Waals surface area contributed by atoms with Gasteiger partial charge in [0.2, 0.25) is 11.8 Å². The van der Waals surface area contributed by atoms with E-state index in [1.54, 1.807) is 27.8 Å². The lowest BCUT2D eigenvalue weighted by Crippen LogP contribution is -2.53. The maximum atomic E-state index is 13.5. The van der Waals surface area contributed by atoms with Crippen molar-refractivity contribution in [1.29, 1.82) is 0 Å². The van der Waals surface area contributed by atoms with Crippen LogP contribution in [0, 0.1) is 5.92 Å². The number of hydrogen-bond donors (Lipinski definition) is 2. The number of benzene rings is 2. The first-order chi connectivity index (χ1) is 15.5. The van der Waals surface area contributed by atoms with E-state index in [-0.39, 0.29) is 17.7 Å². The number of nitrogens with zero attached hydrogens (tertiary/aromatic N) is 1. The first-order valence-electron chi connectivity index (χ1n) is 11.1. The highest BCUT2D eigenvalue weighted by Gasteiger charge is 2.35. The second-order valence-electron chi connectivity index (χ2n) is 9.33. The summed E-state index contributed by atoms with van der Waals surface area (Å²) >= 11 is 0. The Hall–Kier alpha value is -3.35. The Morgan fingerprint density at radius 3 is 2.00 bits per heavy atom. The minimum absolute atomic E-state index is 0.212. The number of hydrogen-bond acceptors (Lipinski definition) is 4. The molecule has 0 bridgehead atoms. The van der Waals surface area contributed by atoms with Gasteiger partial charge >= 0.3 is 6.09 Å². The zero-order valence-corrected chi connectivity index (χ0v) is 20.3. The second kappa shape index (κ2) is 11.5. The summed E-state index contributed by atoms with van der Waals surface area (Å²) < 4.78 is 5.33. The van der Waals surface area contributed by atoms with Crippen molar-refractivity contribution in [1.82, 2.24) is 15.5 Å². The van der Waals surface area contributed by atoms with Gasteiger partial charge in [0.15, 0.2) is 0 Å². The Morgan fingerprint density at radius 2 is 1.48 bits per heavy atom. The smallest absolute Gasteiger partial charge is 0.408 e. The highest BCUT2D eigenvalue weighted by molar-refractivity contribution is 5.92. The van der Waals surface area contributed by atoms with E-state index >= 15 is 0 Å². The second-order valence-corrected chi connectivity index (χ2v) is 9.33. The third kappa shape index (κ3) is 7.93. The van der Waals surface area contributed by atoms with Gasteiger partial charge in [-0.25, -0.2) is 4.79 Å². The average Bonchev–Trinajstić information content (AvgIpc) is 2.75. The van der Waals surface area contributed by atoms with Gasteiger partial charge in [-0.2, -0.15) is 0 Å². The molecule has 7 nitrogen and oxygen atoms in total. The topological polar surface area (TPSA) is 87.7 Å². The predicted molar refractivity (Wildman–Crippen MR) is 128 cm³/mol. The largest absolute Gasteiger partial charge is 0.444 e. The molecular weight excluding hydrogens is 418 g/mol. The fraction of sp³-hybridized carbons (Fsp3) is 0.423. The molecule has 2 unspecified atom stereocenters. The predicted octanol–water partition coefficient (Wildman–Crippen LogP) is 4.05. The number of likely N-dealkylation sites (N-methyl/N-ethyl adjacent to an activating group) is 1. The molecule has 7 heteroatoms. The van der Waals surface area contributed by atoms with Gasteiger partial charge in [-0.3, -0.25) is 9.59 Å². The van der Waals surface area contributed by atoms with Gasteiger partial charge in [0, 0.05) is 13.6 Å². The molecule has 178 valence electrons. The van der Waals surface area contributed by atoms with E-state index in [1.165, 1.54) is 4.90 Å². The molecule has 2 rings (SSSR count). The minimum atomic E-state index is -0.857. The average molecular weight is 454 g/mol. The summed E-state index contributed by atoms with van der Waals surface area (Å²) in [6.07, 6.45) is -0.673.